The van der Waals surface area contributed by atoms with Gasteiger partial charge in [-0.3, -0.25) is 0 Å². The Labute approximate surface area is 310 Å². The molecule has 0 radical (unpaired) electrons. The second-order valence-electron chi connectivity index (χ2n) is 18.5. The highest BCUT2D eigenvalue weighted by Crippen LogP contribution is 2.61. The van der Waals surface area contributed by atoms with Crippen molar-refractivity contribution in [2.24, 2.45) is 17.8 Å². The molecule has 6 aromatic carbocycles. The first kappa shape index (κ1) is 32.1. The third-order valence-corrected chi connectivity index (χ3v) is 13.7. The molecule has 4 bridgehead atoms. The summed E-state index contributed by atoms with van der Waals surface area (Å²) in [5.74, 6) is 2.80. The lowest BCUT2D eigenvalue weighted by Crippen LogP contribution is -2.48. The zero-order valence-corrected chi connectivity index (χ0v) is 31.5. The molecule has 0 N–H and O–H groups in total. The summed E-state index contributed by atoms with van der Waals surface area (Å²) >= 11 is 0. The van der Waals surface area contributed by atoms with Gasteiger partial charge in [0.25, 0.3) is 0 Å². The molecule has 0 spiro atoms. The predicted molar refractivity (Wildman–Crippen MR) is 220 cm³/mol. The van der Waals surface area contributed by atoms with Gasteiger partial charge in [-0.1, -0.05) is 126 Å². The van der Waals surface area contributed by atoms with Gasteiger partial charge in [-0.15, -0.1) is 0 Å². The standard InChI is InChI=1S/C51H51N/c1-49(2,3)45-16-10-8-15-42(45)44-27-36-12-6-7-13-37(36)28-48(44)52(40-22-23-43-41-14-9-11-17-46(41)50(4,5)47(43)29-40)39-20-18-38(19-21-39)51-30-33-24-34(31-51)26-35(25-33)32-51/h6-23,27-29,33-35H,24-26,30-32H2,1-5H3. The van der Waals surface area contributed by atoms with Crippen LogP contribution in [0.5, 0.6) is 0 Å². The Bertz CT molecular complexity index is 2310. The number of hydrogen-bond acceptors (Lipinski definition) is 1. The van der Waals surface area contributed by atoms with Crippen LogP contribution in [0.2, 0.25) is 0 Å². The van der Waals surface area contributed by atoms with Crippen LogP contribution in [0, 0.1) is 17.8 Å². The van der Waals surface area contributed by atoms with Gasteiger partial charge in [0.15, 0.2) is 0 Å². The number of anilines is 3. The highest BCUT2D eigenvalue weighted by Gasteiger charge is 2.51. The first-order valence-corrected chi connectivity index (χ1v) is 19.9. The zero-order chi connectivity index (χ0) is 35.4. The average molecular weight is 678 g/mol. The maximum atomic E-state index is 2.57. The molecule has 5 aliphatic rings. The quantitative estimate of drug-likeness (QED) is 0.176. The van der Waals surface area contributed by atoms with Gasteiger partial charge in [0.2, 0.25) is 0 Å². The molecular weight excluding hydrogens is 627 g/mol. The highest BCUT2D eigenvalue weighted by atomic mass is 15.1. The summed E-state index contributed by atoms with van der Waals surface area (Å²) in [4.78, 5) is 2.57. The van der Waals surface area contributed by atoms with Crippen LogP contribution in [0.3, 0.4) is 0 Å². The van der Waals surface area contributed by atoms with Gasteiger partial charge in [0.1, 0.15) is 0 Å². The summed E-state index contributed by atoms with van der Waals surface area (Å²) in [6.45, 7) is 11.8. The molecular formula is C51H51N. The zero-order valence-electron chi connectivity index (χ0n) is 31.5. The molecule has 0 unspecified atom stereocenters. The molecule has 4 fully saturated rings. The molecule has 4 saturated carbocycles. The van der Waals surface area contributed by atoms with E-state index < -0.39 is 0 Å². The van der Waals surface area contributed by atoms with Gasteiger partial charge in [0, 0.05) is 22.4 Å². The number of hydrogen-bond donors (Lipinski definition) is 0. The Balaban J connectivity index is 1.19. The fraction of sp³-hybridized carbons (Fsp3) is 0.333. The molecule has 0 aromatic heterocycles. The van der Waals surface area contributed by atoms with Crippen molar-refractivity contribution in [3.8, 4) is 22.3 Å². The summed E-state index contributed by atoms with van der Waals surface area (Å²) in [5, 5.41) is 2.53. The van der Waals surface area contributed by atoms with Crippen LogP contribution < -0.4 is 4.90 Å². The van der Waals surface area contributed by atoms with Gasteiger partial charge in [-0.05, 0) is 153 Å². The van der Waals surface area contributed by atoms with Crippen LogP contribution in [0.15, 0.2) is 127 Å². The molecule has 11 rings (SSSR count). The van der Waals surface area contributed by atoms with E-state index in [1.54, 1.807) is 5.56 Å². The molecule has 52 heavy (non-hydrogen) atoms. The Kier molecular flexibility index (Phi) is 7.05. The van der Waals surface area contributed by atoms with Crippen LogP contribution in [0.1, 0.15) is 95.4 Å². The van der Waals surface area contributed by atoms with Crippen molar-refractivity contribution in [2.45, 2.75) is 89.4 Å². The third kappa shape index (κ3) is 4.95. The first-order valence-electron chi connectivity index (χ1n) is 19.9. The van der Waals surface area contributed by atoms with E-state index >= 15 is 0 Å². The number of benzene rings is 6. The van der Waals surface area contributed by atoms with Gasteiger partial charge in [-0.25, -0.2) is 0 Å². The van der Waals surface area contributed by atoms with E-state index in [2.05, 4.69) is 167 Å². The topological polar surface area (TPSA) is 3.24 Å². The smallest absolute Gasteiger partial charge is 0.0546 e. The minimum absolute atomic E-state index is 0.00673. The van der Waals surface area contributed by atoms with E-state index in [4.69, 9.17) is 0 Å². The van der Waals surface area contributed by atoms with Crippen molar-refractivity contribution in [1.29, 1.82) is 0 Å². The SMILES string of the molecule is CC(C)(C)c1ccccc1-c1cc2ccccc2cc1N(c1ccc(C23CC4CC(CC(C4)C2)C3)cc1)c1ccc2c(c1)C(C)(C)c1ccccc1-2. The maximum Gasteiger partial charge on any atom is 0.0546 e. The van der Waals surface area contributed by atoms with E-state index in [1.807, 2.05) is 0 Å². The molecule has 1 heteroatoms. The monoisotopic (exact) mass is 677 g/mol. The molecule has 6 aromatic rings. The van der Waals surface area contributed by atoms with Crippen molar-refractivity contribution >= 4 is 27.8 Å². The molecule has 1 nitrogen and oxygen atoms in total. The second-order valence-corrected chi connectivity index (χ2v) is 18.5. The summed E-state index contributed by atoms with van der Waals surface area (Å²) < 4.78 is 0. The normalized spacial score (nSPS) is 23.8. The van der Waals surface area contributed by atoms with Gasteiger partial charge in [-0.2, -0.15) is 0 Å². The molecule has 260 valence electrons. The Morgan fingerprint density at radius 1 is 0.519 bits per heavy atom. The van der Waals surface area contributed by atoms with Crippen LogP contribution in [-0.4, -0.2) is 0 Å². The summed E-state index contributed by atoms with van der Waals surface area (Å²) in [7, 11) is 0. The minimum Gasteiger partial charge on any atom is -0.310 e. The Morgan fingerprint density at radius 3 is 1.75 bits per heavy atom. The van der Waals surface area contributed by atoms with Crippen LogP contribution >= 0.6 is 0 Å². The van der Waals surface area contributed by atoms with Gasteiger partial charge < -0.3 is 4.90 Å². The molecule has 0 saturated heterocycles. The summed E-state index contributed by atoms with van der Waals surface area (Å²) in [6.07, 6.45) is 8.60. The number of nitrogens with zero attached hydrogens (tertiary/aromatic N) is 1. The number of fused-ring (bicyclic) bond motifs is 4. The van der Waals surface area contributed by atoms with Gasteiger partial charge in [0.05, 0.1) is 5.69 Å². The maximum absolute atomic E-state index is 2.57. The molecule has 0 heterocycles. The Hall–Kier alpha value is -4.62. The van der Waals surface area contributed by atoms with Crippen LogP contribution in [-0.2, 0) is 16.2 Å². The minimum atomic E-state index is -0.0823. The molecule has 0 amide bonds. The van der Waals surface area contributed by atoms with E-state index in [-0.39, 0.29) is 10.8 Å². The van der Waals surface area contributed by atoms with Crippen molar-refractivity contribution in [3.63, 3.8) is 0 Å². The van der Waals surface area contributed by atoms with E-state index in [1.165, 1.54) is 105 Å². The molecule has 0 aliphatic heterocycles. The Morgan fingerprint density at radius 2 is 1.08 bits per heavy atom. The molecule has 5 aliphatic carbocycles. The third-order valence-electron chi connectivity index (χ3n) is 13.7. The predicted octanol–water partition coefficient (Wildman–Crippen LogP) is 14.0. The van der Waals surface area contributed by atoms with E-state index in [9.17, 15) is 0 Å². The van der Waals surface area contributed by atoms with E-state index in [0.29, 0.717) is 5.41 Å². The molecule has 0 atom stereocenters. The first-order chi connectivity index (χ1) is 25.1. The van der Waals surface area contributed by atoms with Gasteiger partial charge >= 0.3 is 0 Å². The van der Waals surface area contributed by atoms with E-state index in [0.717, 1.165) is 17.8 Å². The second kappa shape index (κ2) is 11.4. The average Bonchev–Trinajstić information content (AvgIpc) is 3.36. The summed E-state index contributed by atoms with van der Waals surface area (Å²) in [5.41, 5.74) is 15.0. The van der Waals surface area contributed by atoms with Crippen molar-refractivity contribution in [3.05, 3.63) is 150 Å². The van der Waals surface area contributed by atoms with Crippen molar-refractivity contribution in [2.75, 3.05) is 4.90 Å². The lowest BCUT2D eigenvalue weighted by atomic mass is 9.48. The fourth-order valence-corrected chi connectivity index (χ4v) is 11.7. The van der Waals surface area contributed by atoms with Crippen molar-refractivity contribution in [1.82, 2.24) is 0 Å². The van der Waals surface area contributed by atoms with Crippen LogP contribution in [0.25, 0.3) is 33.0 Å². The summed E-state index contributed by atoms with van der Waals surface area (Å²) in [6, 6.07) is 49.1. The fourth-order valence-electron chi connectivity index (χ4n) is 11.7. The lowest BCUT2D eigenvalue weighted by molar-refractivity contribution is -0.00518. The largest absolute Gasteiger partial charge is 0.310 e. The lowest BCUT2D eigenvalue weighted by Gasteiger charge is -2.57. The van der Waals surface area contributed by atoms with Crippen LogP contribution in [0.4, 0.5) is 17.1 Å². The number of rotatable bonds is 5. The highest BCUT2D eigenvalue weighted by molar-refractivity contribution is 5.99. The van der Waals surface area contributed by atoms with Crippen molar-refractivity contribution < 1.29 is 0 Å².